The average molecular weight is 454 g/mol. The third kappa shape index (κ3) is 6.43. The molecule has 2 aromatic rings. The van der Waals surface area contributed by atoms with Crippen molar-refractivity contribution in [3.05, 3.63) is 54.1 Å². The predicted molar refractivity (Wildman–Crippen MR) is 133 cm³/mol. The summed E-state index contributed by atoms with van der Waals surface area (Å²) in [6.07, 6.45) is 4.36. The van der Waals surface area contributed by atoms with Crippen LogP contribution < -0.4 is 16.4 Å². The fourth-order valence-corrected chi connectivity index (χ4v) is 3.85. The summed E-state index contributed by atoms with van der Waals surface area (Å²) in [5.41, 5.74) is 9.07. The van der Waals surface area contributed by atoms with Gasteiger partial charge in [0.05, 0.1) is 11.4 Å². The molecule has 0 unspecified atom stereocenters. The van der Waals surface area contributed by atoms with Crippen molar-refractivity contribution in [3.63, 3.8) is 0 Å². The molecule has 0 saturated carbocycles. The van der Waals surface area contributed by atoms with E-state index in [1.165, 1.54) is 0 Å². The Morgan fingerprint density at radius 2 is 1.62 bits per heavy atom. The summed E-state index contributed by atoms with van der Waals surface area (Å²) in [4.78, 5) is 28.3. The summed E-state index contributed by atoms with van der Waals surface area (Å²) in [6, 6.07) is 15.1. The van der Waals surface area contributed by atoms with E-state index in [-0.39, 0.29) is 5.91 Å². The molecule has 0 spiro atoms. The van der Waals surface area contributed by atoms with E-state index in [0.717, 1.165) is 42.6 Å². The Labute approximate surface area is 195 Å². The first-order valence-electron chi connectivity index (χ1n) is 11.1. The summed E-state index contributed by atoms with van der Waals surface area (Å²) < 4.78 is 0. The van der Waals surface area contributed by atoms with Gasteiger partial charge in [-0.15, -0.1) is 0 Å². The number of para-hydroxylation sites is 2. The van der Waals surface area contributed by atoms with Crippen LogP contribution in [0.2, 0.25) is 0 Å². The normalized spacial score (nSPS) is 13.9. The maximum atomic E-state index is 12.5. The minimum absolute atomic E-state index is 0.386. The molecule has 0 radical (unpaired) electrons. The van der Waals surface area contributed by atoms with E-state index >= 15 is 0 Å². The first kappa shape index (κ1) is 23.5. The number of benzene rings is 2. The van der Waals surface area contributed by atoms with Crippen molar-refractivity contribution in [2.45, 2.75) is 39.2 Å². The van der Waals surface area contributed by atoms with Gasteiger partial charge in [0.2, 0.25) is 0 Å². The first-order chi connectivity index (χ1) is 15.5. The van der Waals surface area contributed by atoms with E-state index in [4.69, 9.17) is 18.0 Å². The van der Waals surface area contributed by atoms with Gasteiger partial charge in [0.15, 0.2) is 5.11 Å². The van der Waals surface area contributed by atoms with Gasteiger partial charge in [0, 0.05) is 31.9 Å². The highest BCUT2D eigenvalue weighted by Crippen LogP contribution is 2.18. The van der Waals surface area contributed by atoms with Gasteiger partial charge in [0.25, 0.3) is 0 Å². The number of rotatable bonds is 9. The predicted octanol–water partition coefficient (Wildman–Crippen LogP) is 3.83. The summed E-state index contributed by atoms with van der Waals surface area (Å²) in [7, 11) is 0. The van der Waals surface area contributed by atoms with Crippen molar-refractivity contribution in [1.82, 2.24) is 9.80 Å². The molecule has 1 fully saturated rings. The molecule has 1 aliphatic heterocycles. The molecular formula is C24H31N5O2S. The van der Waals surface area contributed by atoms with Crippen molar-refractivity contribution in [2.75, 3.05) is 36.0 Å². The maximum absolute atomic E-state index is 12.5. The van der Waals surface area contributed by atoms with Gasteiger partial charge in [-0.2, -0.15) is 0 Å². The monoisotopic (exact) mass is 453 g/mol. The average Bonchev–Trinajstić information content (AvgIpc) is 2.78. The lowest BCUT2D eigenvalue weighted by atomic mass is 10.1. The SMILES string of the molecule is CCCCCCN1CCN(Cc2ccc(NC(=S)Nc3ccccc3N)cc2)C(=O)C1=O. The quantitative estimate of drug-likeness (QED) is 0.231. The van der Waals surface area contributed by atoms with Crippen molar-refractivity contribution in [2.24, 2.45) is 0 Å². The summed E-state index contributed by atoms with van der Waals surface area (Å²) in [5, 5.41) is 6.63. The van der Waals surface area contributed by atoms with E-state index in [1.54, 1.807) is 15.9 Å². The zero-order chi connectivity index (χ0) is 22.9. The summed E-state index contributed by atoms with van der Waals surface area (Å²) in [6.45, 7) is 4.39. The fourth-order valence-electron chi connectivity index (χ4n) is 3.62. The van der Waals surface area contributed by atoms with Crippen LogP contribution in [0, 0.1) is 0 Å². The topological polar surface area (TPSA) is 90.7 Å². The van der Waals surface area contributed by atoms with Gasteiger partial charge in [0.1, 0.15) is 0 Å². The van der Waals surface area contributed by atoms with Crippen molar-refractivity contribution in [3.8, 4) is 0 Å². The number of piperazine rings is 1. The number of anilines is 3. The van der Waals surface area contributed by atoms with Crippen LogP contribution in [0.15, 0.2) is 48.5 Å². The molecule has 170 valence electrons. The molecule has 1 heterocycles. The van der Waals surface area contributed by atoms with Crippen molar-refractivity contribution in [1.29, 1.82) is 0 Å². The summed E-state index contributed by atoms with van der Waals surface area (Å²) in [5.74, 6) is -0.803. The first-order valence-corrected chi connectivity index (χ1v) is 11.5. The van der Waals surface area contributed by atoms with Gasteiger partial charge < -0.3 is 26.2 Å². The molecule has 0 aliphatic carbocycles. The van der Waals surface area contributed by atoms with Crippen molar-refractivity contribution < 1.29 is 9.59 Å². The number of nitrogen functional groups attached to an aromatic ring is 1. The number of amides is 2. The molecule has 3 rings (SSSR count). The largest absolute Gasteiger partial charge is 0.397 e. The molecule has 7 nitrogen and oxygen atoms in total. The Morgan fingerprint density at radius 3 is 2.34 bits per heavy atom. The second-order valence-electron chi connectivity index (χ2n) is 7.94. The van der Waals surface area contributed by atoms with E-state index in [9.17, 15) is 9.59 Å². The third-order valence-corrected chi connectivity index (χ3v) is 5.68. The number of hydrogen-bond acceptors (Lipinski definition) is 4. The second-order valence-corrected chi connectivity index (χ2v) is 8.35. The Bertz CT molecular complexity index is 948. The molecule has 0 aromatic heterocycles. The Morgan fingerprint density at radius 1 is 0.938 bits per heavy atom. The van der Waals surface area contributed by atoms with Gasteiger partial charge in [-0.25, -0.2) is 0 Å². The second kappa shape index (κ2) is 11.5. The van der Waals surface area contributed by atoms with Crippen LogP contribution in [-0.2, 0) is 16.1 Å². The van der Waals surface area contributed by atoms with Gasteiger partial charge in [-0.3, -0.25) is 9.59 Å². The lowest BCUT2D eigenvalue weighted by molar-refractivity contribution is -0.156. The molecule has 32 heavy (non-hydrogen) atoms. The number of nitrogens with one attached hydrogen (secondary N) is 2. The molecule has 2 aromatic carbocycles. The molecule has 0 atom stereocenters. The Kier molecular flexibility index (Phi) is 8.44. The Balaban J connectivity index is 1.49. The highest BCUT2D eigenvalue weighted by molar-refractivity contribution is 7.80. The fraction of sp³-hybridized carbons (Fsp3) is 0.375. The smallest absolute Gasteiger partial charge is 0.312 e. The number of hydrogen-bond donors (Lipinski definition) is 3. The number of nitrogens with zero attached hydrogens (tertiary/aromatic N) is 2. The van der Waals surface area contributed by atoms with Crippen LogP contribution in [0.4, 0.5) is 17.1 Å². The third-order valence-electron chi connectivity index (χ3n) is 5.47. The van der Waals surface area contributed by atoms with E-state index in [0.29, 0.717) is 37.0 Å². The lowest BCUT2D eigenvalue weighted by Gasteiger charge is -2.33. The standard InChI is InChI=1S/C24H31N5O2S/c1-2-3-4-7-14-28-15-16-29(23(31)22(28)30)17-18-10-12-19(13-11-18)26-24(32)27-21-9-6-5-8-20(21)25/h5-6,8-13H,2-4,7,14-17,25H2,1H3,(H2,26,27,32). The molecular weight excluding hydrogens is 422 g/mol. The zero-order valence-corrected chi connectivity index (χ0v) is 19.3. The van der Waals surface area contributed by atoms with Crippen LogP contribution in [0.5, 0.6) is 0 Å². The van der Waals surface area contributed by atoms with Crippen LogP contribution in [0.25, 0.3) is 0 Å². The maximum Gasteiger partial charge on any atom is 0.312 e. The number of thiocarbonyl (C=S) groups is 1. The number of carbonyl (C=O) groups is 2. The molecule has 4 N–H and O–H groups in total. The van der Waals surface area contributed by atoms with Crippen LogP contribution in [-0.4, -0.2) is 46.4 Å². The molecule has 1 saturated heterocycles. The zero-order valence-electron chi connectivity index (χ0n) is 18.5. The lowest BCUT2D eigenvalue weighted by Crippen LogP contribution is -2.54. The van der Waals surface area contributed by atoms with Crippen LogP contribution in [0.1, 0.15) is 38.2 Å². The highest BCUT2D eigenvalue weighted by Gasteiger charge is 2.31. The van der Waals surface area contributed by atoms with Gasteiger partial charge in [-0.1, -0.05) is 50.5 Å². The number of carbonyl (C=O) groups excluding carboxylic acids is 2. The number of nitrogens with two attached hydrogens (primary N) is 1. The minimum atomic E-state index is -0.417. The summed E-state index contributed by atoms with van der Waals surface area (Å²) >= 11 is 5.35. The van der Waals surface area contributed by atoms with E-state index in [1.807, 2.05) is 42.5 Å². The molecule has 2 amide bonds. The molecule has 1 aliphatic rings. The molecule has 8 heteroatoms. The van der Waals surface area contributed by atoms with Gasteiger partial charge >= 0.3 is 11.8 Å². The van der Waals surface area contributed by atoms with Crippen molar-refractivity contribution >= 4 is 46.2 Å². The van der Waals surface area contributed by atoms with E-state index in [2.05, 4.69) is 17.6 Å². The van der Waals surface area contributed by atoms with Crippen LogP contribution >= 0.6 is 12.2 Å². The van der Waals surface area contributed by atoms with Crippen LogP contribution in [0.3, 0.4) is 0 Å². The van der Waals surface area contributed by atoms with E-state index < -0.39 is 5.91 Å². The molecule has 0 bridgehead atoms. The highest BCUT2D eigenvalue weighted by atomic mass is 32.1. The number of unbranched alkanes of at least 4 members (excludes halogenated alkanes) is 3. The Hall–Kier alpha value is -3.13. The minimum Gasteiger partial charge on any atom is -0.397 e. The van der Waals surface area contributed by atoms with Gasteiger partial charge in [-0.05, 0) is 48.5 Å².